The van der Waals surface area contributed by atoms with Gasteiger partial charge in [0.25, 0.3) is 0 Å². The number of benzene rings is 1. The number of oxime groups is 1. The Labute approximate surface area is 132 Å². The van der Waals surface area contributed by atoms with Crippen LogP contribution in [0.2, 0.25) is 0 Å². The van der Waals surface area contributed by atoms with E-state index in [9.17, 15) is 5.21 Å². The monoisotopic (exact) mass is 315 g/mol. The Kier molecular flexibility index (Phi) is 4.85. The van der Waals surface area contributed by atoms with Crippen molar-refractivity contribution in [3.8, 4) is 5.69 Å². The van der Waals surface area contributed by atoms with Gasteiger partial charge < -0.3 is 5.21 Å². The Bertz CT molecular complexity index is 668. The van der Waals surface area contributed by atoms with E-state index in [1.54, 1.807) is 16.4 Å². The van der Waals surface area contributed by atoms with E-state index in [-0.39, 0.29) is 5.25 Å². The van der Waals surface area contributed by atoms with E-state index >= 15 is 0 Å². The summed E-state index contributed by atoms with van der Waals surface area (Å²) >= 11 is 1.55. The maximum absolute atomic E-state index is 9.29. The van der Waals surface area contributed by atoms with Crippen LogP contribution in [0.1, 0.15) is 25.7 Å². The van der Waals surface area contributed by atoms with Crippen molar-refractivity contribution in [3.63, 3.8) is 0 Å². The number of tetrazole rings is 1. The van der Waals surface area contributed by atoms with E-state index in [0.717, 1.165) is 37.1 Å². The third kappa shape index (κ3) is 3.36. The number of rotatable bonds is 3. The van der Waals surface area contributed by atoms with E-state index in [1.807, 2.05) is 30.3 Å². The first-order valence-electron chi connectivity index (χ1n) is 7.25. The molecule has 0 aliphatic heterocycles. The molecule has 3 rings (SSSR count). The second kappa shape index (κ2) is 7.22. The van der Waals surface area contributed by atoms with E-state index in [2.05, 4.69) is 32.8 Å². The Morgan fingerprint density at radius 2 is 2.00 bits per heavy atom. The molecule has 1 N–H and O–H groups in total. The molecule has 1 aliphatic carbocycles. The predicted molar refractivity (Wildman–Crippen MR) is 85.6 cm³/mol. The van der Waals surface area contributed by atoms with Crippen LogP contribution >= 0.6 is 11.8 Å². The minimum Gasteiger partial charge on any atom is -0.411 e. The van der Waals surface area contributed by atoms with Gasteiger partial charge in [0.1, 0.15) is 0 Å². The molecule has 0 spiro atoms. The van der Waals surface area contributed by atoms with Crippen molar-refractivity contribution >= 4 is 17.5 Å². The third-order valence-electron chi connectivity index (χ3n) is 3.52. The molecule has 0 saturated heterocycles. The average molecular weight is 315 g/mol. The lowest BCUT2D eigenvalue weighted by Crippen LogP contribution is -2.19. The molecule has 22 heavy (non-hydrogen) atoms. The fourth-order valence-corrected chi connectivity index (χ4v) is 3.53. The summed E-state index contributed by atoms with van der Waals surface area (Å²) in [5.74, 6) is 0. The molecule has 1 aromatic carbocycles. The van der Waals surface area contributed by atoms with E-state index in [1.165, 1.54) is 0 Å². The number of para-hydroxylation sites is 1. The lowest BCUT2D eigenvalue weighted by atomic mass is 10.0. The van der Waals surface area contributed by atoms with Gasteiger partial charge >= 0.3 is 0 Å². The van der Waals surface area contributed by atoms with Crippen molar-refractivity contribution in [1.82, 2.24) is 20.2 Å². The van der Waals surface area contributed by atoms with Crippen LogP contribution in [-0.2, 0) is 0 Å². The fraction of sp³-hybridized carbons (Fsp3) is 0.333. The van der Waals surface area contributed by atoms with Crippen LogP contribution in [0.3, 0.4) is 0 Å². The molecule has 0 bridgehead atoms. The van der Waals surface area contributed by atoms with Crippen LogP contribution in [0.5, 0.6) is 0 Å². The molecule has 1 aliphatic rings. The summed E-state index contributed by atoms with van der Waals surface area (Å²) in [5, 5.41) is 25.5. The molecule has 114 valence electrons. The minimum absolute atomic E-state index is 0.0865. The van der Waals surface area contributed by atoms with Crippen molar-refractivity contribution < 1.29 is 5.21 Å². The third-order valence-corrected chi connectivity index (χ3v) is 4.78. The normalized spacial score (nSPS) is 20.7. The topological polar surface area (TPSA) is 76.2 Å². The number of aromatic nitrogens is 4. The highest BCUT2D eigenvalue weighted by Gasteiger charge is 2.22. The van der Waals surface area contributed by atoms with Gasteiger partial charge in [0.05, 0.1) is 16.6 Å². The molecule has 0 saturated carbocycles. The second-order valence-corrected chi connectivity index (χ2v) is 6.16. The Morgan fingerprint density at radius 1 is 1.18 bits per heavy atom. The van der Waals surface area contributed by atoms with Gasteiger partial charge in [0, 0.05) is 0 Å². The first-order valence-corrected chi connectivity index (χ1v) is 8.12. The molecule has 0 unspecified atom stereocenters. The van der Waals surface area contributed by atoms with Crippen LogP contribution in [0, 0.1) is 0 Å². The Morgan fingerprint density at radius 3 is 2.82 bits per heavy atom. The highest BCUT2D eigenvalue weighted by molar-refractivity contribution is 8.00. The lowest BCUT2D eigenvalue weighted by molar-refractivity contribution is 0.316. The van der Waals surface area contributed by atoms with Gasteiger partial charge in [-0.3, -0.25) is 0 Å². The van der Waals surface area contributed by atoms with E-state index < -0.39 is 0 Å². The maximum atomic E-state index is 9.29. The van der Waals surface area contributed by atoms with Crippen LogP contribution in [-0.4, -0.2) is 36.4 Å². The van der Waals surface area contributed by atoms with Crippen LogP contribution in [0.4, 0.5) is 0 Å². The molecule has 1 atom stereocenters. The largest absolute Gasteiger partial charge is 0.411 e. The zero-order valence-electron chi connectivity index (χ0n) is 12.0. The molecule has 6 nitrogen and oxygen atoms in total. The van der Waals surface area contributed by atoms with Gasteiger partial charge in [-0.2, -0.15) is 4.68 Å². The van der Waals surface area contributed by atoms with Gasteiger partial charge in [-0.1, -0.05) is 47.3 Å². The van der Waals surface area contributed by atoms with Crippen LogP contribution < -0.4 is 0 Å². The molecule has 7 heteroatoms. The summed E-state index contributed by atoms with van der Waals surface area (Å²) in [6.45, 7) is 0. The molecule has 1 aromatic heterocycles. The zero-order valence-corrected chi connectivity index (χ0v) is 12.9. The molecular formula is C15H17N5OS. The standard InChI is InChI=1S/C15H17N5OS/c21-17-13-10-6-1-2-7-11-14(13)22-15-16-18-19-20(15)12-8-4-3-5-9-12/h1-5,8-9,14,21H,6-7,10-11H2/b2-1?,17-13-/t14-/m1/s1. The number of hydrogen-bond donors (Lipinski definition) is 1. The van der Waals surface area contributed by atoms with Gasteiger partial charge in [0.2, 0.25) is 5.16 Å². The summed E-state index contributed by atoms with van der Waals surface area (Å²) in [6, 6.07) is 9.78. The lowest BCUT2D eigenvalue weighted by Gasteiger charge is -2.17. The summed E-state index contributed by atoms with van der Waals surface area (Å²) in [4.78, 5) is 0. The number of thioether (sulfide) groups is 1. The Hall–Kier alpha value is -2.15. The number of nitrogens with zero attached hydrogens (tertiary/aromatic N) is 5. The van der Waals surface area contributed by atoms with Crippen molar-refractivity contribution in [2.24, 2.45) is 5.16 Å². The van der Waals surface area contributed by atoms with Crippen molar-refractivity contribution in [1.29, 1.82) is 0 Å². The highest BCUT2D eigenvalue weighted by atomic mass is 32.2. The Balaban J connectivity index is 1.83. The summed E-state index contributed by atoms with van der Waals surface area (Å²) in [5.41, 5.74) is 1.72. The summed E-state index contributed by atoms with van der Waals surface area (Å²) in [7, 11) is 0. The second-order valence-electron chi connectivity index (χ2n) is 4.99. The summed E-state index contributed by atoms with van der Waals surface area (Å²) < 4.78 is 1.72. The number of hydrogen-bond acceptors (Lipinski definition) is 6. The smallest absolute Gasteiger partial charge is 0.214 e. The van der Waals surface area contributed by atoms with Gasteiger partial charge in [0.15, 0.2) is 0 Å². The van der Waals surface area contributed by atoms with E-state index in [4.69, 9.17) is 0 Å². The van der Waals surface area contributed by atoms with Crippen LogP contribution in [0.15, 0.2) is 52.8 Å². The first kappa shape index (κ1) is 14.8. The average Bonchev–Trinajstić information content (AvgIpc) is 2.99. The molecule has 0 amide bonds. The van der Waals surface area contributed by atoms with Crippen molar-refractivity contribution in [2.45, 2.75) is 36.1 Å². The van der Waals surface area contributed by atoms with Crippen molar-refractivity contribution in [2.75, 3.05) is 0 Å². The quantitative estimate of drug-likeness (QED) is 0.535. The SMILES string of the molecule is O/N=C1/CCC=CCC[C@H]1Sc1nnnn1-c1ccccc1. The number of allylic oxidation sites excluding steroid dienone is 2. The summed E-state index contributed by atoms with van der Waals surface area (Å²) in [6.07, 6.45) is 7.85. The first-order chi connectivity index (χ1) is 10.9. The minimum atomic E-state index is 0.0865. The maximum Gasteiger partial charge on any atom is 0.214 e. The highest BCUT2D eigenvalue weighted by Crippen LogP contribution is 2.29. The predicted octanol–water partition coefficient (Wildman–Crippen LogP) is 3.08. The van der Waals surface area contributed by atoms with E-state index in [0.29, 0.717) is 5.16 Å². The molecular weight excluding hydrogens is 298 g/mol. The van der Waals surface area contributed by atoms with Gasteiger partial charge in [-0.25, -0.2) is 0 Å². The zero-order chi connectivity index (χ0) is 15.2. The van der Waals surface area contributed by atoms with Gasteiger partial charge in [-0.15, -0.1) is 5.10 Å². The fourth-order valence-electron chi connectivity index (χ4n) is 2.39. The van der Waals surface area contributed by atoms with Gasteiger partial charge in [-0.05, 0) is 48.2 Å². The molecule has 1 heterocycles. The van der Waals surface area contributed by atoms with Crippen molar-refractivity contribution in [3.05, 3.63) is 42.5 Å². The van der Waals surface area contributed by atoms with Crippen LogP contribution in [0.25, 0.3) is 5.69 Å². The molecule has 2 aromatic rings. The molecule has 0 radical (unpaired) electrons. The molecule has 0 fully saturated rings.